The topological polar surface area (TPSA) is 55.8 Å². The minimum Gasteiger partial charge on any atom is -0.478 e. The zero-order valence-corrected chi connectivity index (χ0v) is 9.32. The number of ether oxygens (including phenoxy) is 2. The highest BCUT2D eigenvalue weighted by atomic mass is 16.7. The van der Waals surface area contributed by atoms with Crippen LogP contribution in [0.25, 0.3) is 0 Å². The fraction of sp³-hybridized carbons (Fsp3) is 0.417. The lowest BCUT2D eigenvalue weighted by Crippen LogP contribution is -2.05. The largest absolute Gasteiger partial charge is 0.478 e. The van der Waals surface area contributed by atoms with Gasteiger partial charge < -0.3 is 14.6 Å². The second-order valence-electron chi connectivity index (χ2n) is 4.27. The summed E-state index contributed by atoms with van der Waals surface area (Å²) < 4.78 is 10.4. The molecule has 0 saturated carbocycles. The van der Waals surface area contributed by atoms with Gasteiger partial charge in [0, 0.05) is 0 Å². The number of benzene rings is 1. The average Bonchev–Trinajstić information content (AvgIpc) is 2.62. The van der Waals surface area contributed by atoms with Crippen molar-refractivity contribution >= 4 is 5.97 Å². The summed E-state index contributed by atoms with van der Waals surface area (Å²) in [6.45, 7) is 4.27. The van der Waals surface area contributed by atoms with Gasteiger partial charge in [-0.05, 0) is 30.0 Å². The lowest BCUT2D eigenvalue weighted by atomic mass is 9.97. The van der Waals surface area contributed by atoms with Crippen molar-refractivity contribution in [1.82, 2.24) is 0 Å². The first kappa shape index (κ1) is 10.8. The molecular weight excluding hydrogens is 208 g/mol. The highest BCUT2D eigenvalue weighted by Crippen LogP contribution is 2.35. The van der Waals surface area contributed by atoms with Gasteiger partial charge in [-0.15, -0.1) is 0 Å². The number of carboxylic acids is 1. The lowest BCUT2D eigenvalue weighted by molar-refractivity contribution is 0.0695. The summed E-state index contributed by atoms with van der Waals surface area (Å²) in [5.41, 5.74) is 1.10. The molecule has 1 aliphatic heterocycles. The van der Waals surface area contributed by atoms with Crippen molar-refractivity contribution in [1.29, 1.82) is 0 Å². The van der Waals surface area contributed by atoms with E-state index in [1.54, 1.807) is 12.1 Å². The second-order valence-corrected chi connectivity index (χ2v) is 4.27. The van der Waals surface area contributed by atoms with Gasteiger partial charge in [0.2, 0.25) is 6.79 Å². The van der Waals surface area contributed by atoms with Crippen molar-refractivity contribution in [3.8, 4) is 11.5 Å². The fourth-order valence-corrected chi connectivity index (χ4v) is 1.79. The maximum atomic E-state index is 11.1. The molecule has 1 aliphatic rings. The third kappa shape index (κ3) is 1.96. The van der Waals surface area contributed by atoms with E-state index in [4.69, 9.17) is 14.6 Å². The van der Waals surface area contributed by atoms with Crippen molar-refractivity contribution in [2.24, 2.45) is 5.92 Å². The van der Waals surface area contributed by atoms with Gasteiger partial charge in [0.1, 0.15) is 0 Å². The molecule has 86 valence electrons. The van der Waals surface area contributed by atoms with E-state index in [0.29, 0.717) is 23.0 Å². The first-order valence-electron chi connectivity index (χ1n) is 5.23. The third-order valence-electron chi connectivity index (χ3n) is 2.46. The minimum absolute atomic E-state index is 0.166. The van der Waals surface area contributed by atoms with E-state index >= 15 is 0 Å². The van der Waals surface area contributed by atoms with Gasteiger partial charge in [-0.25, -0.2) is 4.79 Å². The third-order valence-corrected chi connectivity index (χ3v) is 2.46. The highest BCUT2D eigenvalue weighted by Gasteiger charge is 2.20. The molecule has 0 fully saturated rings. The SMILES string of the molecule is CC(C)Cc1cc2c(cc1C(=O)O)OCO2. The molecule has 0 unspecified atom stereocenters. The second kappa shape index (κ2) is 4.04. The number of carboxylic acid groups (broad SMARTS) is 1. The molecule has 1 heterocycles. The summed E-state index contributed by atoms with van der Waals surface area (Å²) in [5, 5.41) is 9.11. The van der Waals surface area contributed by atoms with Gasteiger partial charge in [-0.3, -0.25) is 0 Å². The van der Waals surface area contributed by atoms with Crippen LogP contribution < -0.4 is 9.47 Å². The van der Waals surface area contributed by atoms with E-state index in [1.807, 2.05) is 0 Å². The Balaban J connectivity index is 2.44. The molecule has 0 radical (unpaired) electrons. The molecule has 16 heavy (non-hydrogen) atoms. The molecule has 2 rings (SSSR count). The summed E-state index contributed by atoms with van der Waals surface area (Å²) >= 11 is 0. The molecule has 0 spiro atoms. The maximum Gasteiger partial charge on any atom is 0.336 e. The van der Waals surface area contributed by atoms with Crippen LogP contribution in [0.15, 0.2) is 12.1 Å². The molecule has 0 saturated heterocycles. The first-order chi connectivity index (χ1) is 7.58. The Morgan fingerprint density at radius 2 is 2.00 bits per heavy atom. The quantitative estimate of drug-likeness (QED) is 0.852. The number of rotatable bonds is 3. The van der Waals surface area contributed by atoms with Crippen molar-refractivity contribution in [2.45, 2.75) is 20.3 Å². The van der Waals surface area contributed by atoms with Gasteiger partial charge in [-0.2, -0.15) is 0 Å². The Labute approximate surface area is 93.8 Å². The predicted octanol–water partition coefficient (Wildman–Crippen LogP) is 2.31. The van der Waals surface area contributed by atoms with Gasteiger partial charge in [-0.1, -0.05) is 13.8 Å². The molecule has 4 nitrogen and oxygen atoms in total. The maximum absolute atomic E-state index is 11.1. The van der Waals surface area contributed by atoms with Crippen molar-refractivity contribution in [3.63, 3.8) is 0 Å². The van der Waals surface area contributed by atoms with E-state index in [-0.39, 0.29) is 6.79 Å². The van der Waals surface area contributed by atoms with Crippen LogP contribution >= 0.6 is 0 Å². The van der Waals surface area contributed by atoms with Gasteiger partial charge in [0.15, 0.2) is 11.5 Å². The number of hydrogen-bond acceptors (Lipinski definition) is 3. The fourth-order valence-electron chi connectivity index (χ4n) is 1.79. The summed E-state index contributed by atoms with van der Waals surface area (Å²) in [4.78, 5) is 11.1. The summed E-state index contributed by atoms with van der Waals surface area (Å²) in [6, 6.07) is 3.31. The van der Waals surface area contributed by atoms with Crippen LogP contribution in [0.2, 0.25) is 0 Å². The van der Waals surface area contributed by atoms with Crippen LogP contribution in [0.1, 0.15) is 29.8 Å². The van der Waals surface area contributed by atoms with Crippen LogP contribution in [-0.2, 0) is 6.42 Å². The first-order valence-corrected chi connectivity index (χ1v) is 5.23. The van der Waals surface area contributed by atoms with Crippen LogP contribution in [0.4, 0.5) is 0 Å². The predicted molar refractivity (Wildman–Crippen MR) is 58.1 cm³/mol. The summed E-state index contributed by atoms with van der Waals surface area (Å²) in [7, 11) is 0. The molecule has 0 amide bonds. The van der Waals surface area contributed by atoms with E-state index in [2.05, 4.69) is 13.8 Å². The van der Waals surface area contributed by atoms with Crippen LogP contribution in [0.5, 0.6) is 11.5 Å². The molecule has 1 aromatic rings. The van der Waals surface area contributed by atoms with Gasteiger partial charge in [0.05, 0.1) is 5.56 Å². The van der Waals surface area contributed by atoms with Crippen LogP contribution in [0.3, 0.4) is 0 Å². The lowest BCUT2D eigenvalue weighted by Gasteiger charge is -2.09. The van der Waals surface area contributed by atoms with E-state index in [9.17, 15) is 4.79 Å². The molecule has 1 aromatic carbocycles. The Bertz CT molecular complexity index is 423. The Kier molecular flexibility index (Phi) is 2.73. The molecule has 1 N–H and O–H groups in total. The number of hydrogen-bond donors (Lipinski definition) is 1. The number of fused-ring (bicyclic) bond motifs is 1. The molecule has 0 aromatic heterocycles. The molecule has 0 bridgehead atoms. The van der Waals surface area contributed by atoms with Crippen molar-refractivity contribution < 1.29 is 19.4 Å². The summed E-state index contributed by atoms with van der Waals surface area (Å²) in [6.07, 6.45) is 0.721. The highest BCUT2D eigenvalue weighted by molar-refractivity contribution is 5.90. The van der Waals surface area contributed by atoms with Gasteiger partial charge >= 0.3 is 5.97 Å². The Morgan fingerprint density at radius 1 is 1.38 bits per heavy atom. The minimum atomic E-state index is -0.922. The summed E-state index contributed by atoms with van der Waals surface area (Å²) in [5.74, 6) is 0.637. The van der Waals surface area contributed by atoms with Crippen molar-refractivity contribution in [3.05, 3.63) is 23.3 Å². The zero-order chi connectivity index (χ0) is 11.7. The number of carbonyl (C=O) groups is 1. The van der Waals surface area contributed by atoms with Crippen LogP contribution in [-0.4, -0.2) is 17.9 Å². The molecule has 4 heteroatoms. The van der Waals surface area contributed by atoms with Gasteiger partial charge in [0.25, 0.3) is 0 Å². The number of aromatic carboxylic acids is 1. The van der Waals surface area contributed by atoms with Crippen molar-refractivity contribution in [2.75, 3.05) is 6.79 Å². The Morgan fingerprint density at radius 3 is 2.56 bits per heavy atom. The molecule has 0 atom stereocenters. The molecule has 0 aliphatic carbocycles. The molecular formula is C12H14O4. The smallest absolute Gasteiger partial charge is 0.336 e. The Hall–Kier alpha value is -1.71. The average molecular weight is 222 g/mol. The standard InChI is InChI=1S/C12H14O4/c1-7(2)3-8-4-10-11(16-6-15-10)5-9(8)12(13)14/h4-5,7H,3,6H2,1-2H3,(H,13,14). The zero-order valence-electron chi connectivity index (χ0n) is 9.32. The normalized spacial score (nSPS) is 13.2. The van der Waals surface area contributed by atoms with E-state index in [0.717, 1.165) is 12.0 Å². The van der Waals surface area contributed by atoms with E-state index in [1.165, 1.54) is 0 Å². The van der Waals surface area contributed by atoms with E-state index < -0.39 is 5.97 Å². The van der Waals surface area contributed by atoms with Crippen LogP contribution in [0, 0.1) is 5.92 Å². The monoisotopic (exact) mass is 222 g/mol.